The molecular weight excluding hydrogens is 303 g/mol. The van der Waals surface area contributed by atoms with Crippen LogP contribution in [0.5, 0.6) is 0 Å². The van der Waals surface area contributed by atoms with E-state index in [-0.39, 0.29) is 0 Å². The summed E-state index contributed by atoms with van der Waals surface area (Å²) < 4.78 is 0. The number of nitrogens with two attached hydrogens (primary N) is 1. The highest BCUT2D eigenvalue weighted by Gasteiger charge is 2.10. The topological polar surface area (TPSA) is 64.7 Å². The molecule has 0 amide bonds. The largest absolute Gasteiger partial charge is 0.382 e. The van der Waals surface area contributed by atoms with E-state index in [0.29, 0.717) is 16.0 Å². The van der Waals surface area contributed by atoms with E-state index in [4.69, 9.17) is 28.9 Å². The Balaban J connectivity index is 0.000000861. The van der Waals surface area contributed by atoms with E-state index in [1.54, 1.807) is 12.3 Å². The molecule has 0 aliphatic carbocycles. The maximum absolute atomic E-state index is 6.04. The molecule has 102 valence electrons. The minimum atomic E-state index is 0.302. The first-order chi connectivity index (χ1) is 9.08. The van der Waals surface area contributed by atoms with Crippen LogP contribution in [-0.4, -0.2) is 15.0 Å². The maximum Gasteiger partial charge on any atom is 0.147 e. The standard InChI is InChI=1S/C10H8Cl2N4S.C2H6/c1-5-10(15-4-7(11)16-5)17-6-2-3-14-9(13)8(6)12;1-2/h2-4H,1H3,(H2,13,14);1-2H3. The molecule has 0 unspecified atom stereocenters. The second-order valence-electron chi connectivity index (χ2n) is 3.19. The van der Waals surface area contributed by atoms with E-state index < -0.39 is 0 Å². The molecular formula is C12H14Cl2N4S. The van der Waals surface area contributed by atoms with Gasteiger partial charge in [0.25, 0.3) is 0 Å². The Hall–Kier alpha value is -1.04. The third-order valence-electron chi connectivity index (χ3n) is 1.96. The van der Waals surface area contributed by atoms with Crippen LogP contribution in [0.1, 0.15) is 19.5 Å². The lowest BCUT2D eigenvalue weighted by molar-refractivity contribution is 0.986. The summed E-state index contributed by atoms with van der Waals surface area (Å²) in [5.74, 6) is 0.302. The summed E-state index contributed by atoms with van der Waals surface area (Å²) in [5, 5.41) is 1.53. The highest BCUT2D eigenvalue weighted by Crippen LogP contribution is 2.35. The first-order valence-electron chi connectivity index (χ1n) is 5.65. The summed E-state index contributed by atoms with van der Waals surface area (Å²) in [5.41, 5.74) is 6.37. The van der Waals surface area contributed by atoms with E-state index in [1.165, 1.54) is 18.0 Å². The molecule has 0 aliphatic heterocycles. The number of rotatable bonds is 2. The van der Waals surface area contributed by atoms with Gasteiger partial charge in [0.1, 0.15) is 16.0 Å². The van der Waals surface area contributed by atoms with Crippen LogP contribution >= 0.6 is 35.0 Å². The van der Waals surface area contributed by atoms with Crippen molar-refractivity contribution in [3.8, 4) is 0 Å². The minimum absolute atomic E-state index is 0.302. The third kappa shape index (κ3) is 4.23. The van der Waals surface area contributed by atoms with Gasteiger partial charge < -0.3 is 5.73 Å². The number of hydrogen-bond acceptors (Lipinski definition) is 5. The fourth-order valence-corrected chi connectivity index (χ4v) is 2.40. The van der Waals surface area contributed by atoms with Crippen LogP contribution in [0.2, 0.25) is 10.2 Å². The fourth-order valence-electron chi connectivity index (χ4n) is 1.17. The number of aryl methyl sites for hydroxylation is 1. The molecule has 2 aromatic heterocycles. The number of anilines is 1. The van der Waals surface area contributed by atoms with Crippen LogP contribution in [0.25, 0.3) is 0 Å². The predicted molar refractivity (Wildman–Crippen MR) is 80.9 cm³/mol. The van der Waals surface area contributed by atoms with E-state index in [2.05, 4.69) is 15.0 Å². The van der Waals surface area contributed by atoms with Crippen LogP contribution in [-0.2, 0) is 0 Å². The molecule has 0 radical (unpaired) electrons. The molecule has 4 nitrogen and oxygen atoms in total. The third-order valence-corrected chi connectivity index (χ3v) is 3.81. The van der Waals surface area contributed by atoms with Crippen LogP contribution in [0.3, 0.4) is 0 Å². The lowest BCUT2D eigenvalue weighted by atomic mass is 10.5. The quantitative estimate of drug-likeness (QED) is 0.897. The van der Waals surface area contributed by atoms with Gasteiger partial charge in [-0.3, -0.25) is 0 Å². The molecule has 19 heavy (non-hydrogen) atoms. The number of nitrogens with zero attached hydrogens (tertiary/aromatic N) is 3. The zero-order chi connectivity index (χ0) is 14.4. The average molecular weight is 317 g/mol. The van der Waals surface area contributed by atoms with Crippen molar-refractivity contribution in [2.75, 3.05) is 5.73 Å². The smallest absolute Gasteiger partial charge is 0.147 e. The number of aromatic nitrogens is 3. The molecule has 0 bridgehead atoms. The van der Waals surface area contributed by atoms with Crippen molar-refractivity contribution in [1.29, 1.82) is 0 Å². The Bertz CT molecular complexity index is 563. The predicted octanol–water partition coefficient (Wildman–Crippen LogP) is 4.25. The first-order valence-corrected chi connectivity index (χ1v) is 7.22. The molecule has 0 saturated heterocycles. The van der Waals surface area contributed by atoms with E-state index in [1.807, 2.05) is 20.8 Å². The van der Waals surface area contributed by atoms with Crippen LogP contribution in [0.4, 0.5) is 5.82 Å². The van der Waals surface area contributed by atoms with E-state index in [9.17, 15) is 0 Å². The second kappa shape index (κ2) is 7.53. The second-order valence-corrected chi connectivity index (χ2v) is 4.99. The molecule has 2 rings (SSSR count). The Morgan fingerprint density at radius 2 is 1.89 bits per heavy atom. The molecule has 0 aromatic carbocycles. The van der Waals surface area contributed by atoms with E-state index >= 15 is 0 Å². The number of nitrogen functional groups attached to an aromatic ring is 1. The van der Waals surface area contributed by atoms with Gasteiger partial charge in [-0.2, -0.15) is 0 Å². The summed E-state index contributed by atoms with van der Waals surface area (Å²) in [4.78, 5) is 13.0. The van der Waals surface area contributed by atoms with E-state index in [0.717, 1.165) is 15.6 Å². The van der Waals surface area contributed by atoms with Crippen molar-refractivity contribution in [1.82, 2.24) is 15.0 Å². The molecule has 0 saturated carbocycles. The number of hydrogen-bond donors (Lipinski definition) is 1. The van der Waals surface area contributed by atoms with Gasteiger partial charge in [-0.15, -0.1) is 0 Å². The molecule has 0 atom stereocenters. The summed E-state index contributed by atoms with van der Waals surface area (Å²) >= 11 is 13.2. The zero-order valence-corrected chi connectivity index (χ0v) is 13.1. The molecule has 2 aromatic rings. The van der Waals surface area contributed by atoms with Crippen molar-refractivity contribution < 1.29 is 0 Å². The summed E-state index contributed by atoms with van der Waals surface area (Å²) in [6, 6.07) is 1.78. The van der Waals surface area contributed by atoms with Gasteiger partial charge in [0.05, 0.1) is 16.9 Å². The zero-order valence-electron chi connectivity index (χ0n) is 10.8. The van der Waals surface area contributed by atoms with Gasteiger partial charge in [0, 0.05) is 11.1 Å². The highest BCUT2D eigenvalue weighted by atomic mass is 35.5. The molecule has 0 fully saturated rings. The summed E-state index contributed by atoms with van der Waals surface area (Å²) in [7, 11) is 0. The van der Waals surface area contributed by atoms with Gasteiger partial charge in [-0.1, -0.05) is 48.8 Å². The SMILES string of the molecule is CC.Cc1nc(Cl)cnc1Sc1ccnc(N)c1Cl. The number of halogens is 2. The highest BCUT2D eigenvalue weighted by molar-refractivity contribution is 7.99. The van der Waals surface area contributed by atoms with Crippen molar-refractivity contribution >= 4 is 40.8 Å². The van der Waals surface area contributed by atoms with Crippen LogP contribution < -0.4 is 5.73 Å². The Kier molecular flexibility index (Phi) is 6.34. The molecule has 0 aliphatic rings. The van der Waals surface area contributed by atoms with Gasteiger partial charge in [-0.25, -0.2) is 15.0 Å². The Labute approximate surface area is 126 Å². The van der Waals surface area contributed by atoms with Crippen molar-refractivity contribution in [2.45, 2.75) is 30.7 Å². The monoisotopic (exact) mass is 316 g/mol. The van der Waals surface area contributed by atoms with Gasteiger partial charge >= 0.3 is 0 Å². The van der Waals surface area contributed by atoms with Crippen molar-refractivity contribution in [3.05, 3.63) is 34.3 Å². The van der Waals surface area contributed by atoms with Crippen LogP contribution in [0, 0.1) is 6.92 Å². The first kappa shape index (κ1) is 16.0. The lowest BCUT2D eigenvalue weighted by Crippen LogP contribution is -1.93. The summed E-state index contributed by atoms with van der Waals surface area (Å²) in [6.45, 7) is 5.83. The lowest BCUT2D eigenvalue weighted by Gasteiger charge is -2.06. The maximum atomic E-state index is 6.04. The Morgan fingerprint density at radius 1 is 1.21 bits per heavy atom. The van der Waals surface area contributed by atoms with Crippen molar-refractivity contribution in [3.63, 3.8) is 0 Å². The fraction of sp³-hybridized carbons (Fsp3) is 0.250. The van der Waals surface area contributed by atoms with Gasteiger partial charge in [0.2, 0.25) is 0 Å². The minimum Gasteiger partial charge on any atom is -0.382 e. The van der Waals surface area contributed by atoms with Gasteiger partial charge in [-0.05, 0) is 13.0 Å². The molecule has 2 heterocycles. The van der Waals surface area contributed by atoms with Crippen molar-refractivity contribution in [2.24, 2.45) is 0 Å². The normalized spacial score (nSPS) is 9.74. The molecule has 0 spiro atoms. The Morgan fingerprint density at radius 3 is 2.53 bits per heavy atom. The molecule has 2 N–H and O–H groups in total. The molecule has 7 heteroatoms. The average Bonchev–Trinajstić information content (AvgIpc) is 2.40. The summed E-state index contributed by atoms with van der Waals surface area (Å²) in [6.07, 6.45) is 3.09. The van der Waals surface area contributed by atoms with Gasteiger partial charge in [0.15, 0.2) is 0 Å². The number of pyridine rings is 1. The van der Waals surface area contributed by atoms with Crippen LogP contribution in [0.15, 0.2) is 28.4 Å².